The van der Waals surface area contributed by atoms with Gasteiger partial charge in [0.15, 0.2) is 5.13 Å². The van der Waals surface area contributed by atoms with Gasteiger partial charge < -0.3 is 15.2 Å². The van der Waals surface area contributed by atoms with Crippen molar-refractivity contribution < 1.29 is 24.2 Å². The van der Waals surface area contributed by atoms with Gasteiger partial charge in [-0.1, -0.05) is 68.8 Å². The van der Waals surface area contributed by atoms with Crippen LogP contribution in [-0.2, 0) is 20.7 Å². The third-order valence-electron chi connectivity index (χ3n) is 6.24. The molecule has 1 heterocycles. The normalized spacial score (nSPS) is 13.9. The standard InChI is InChI=1S/C26H27N3O5S/c1-3-15(2)23(24(31)32)28-22(30)12-16-14-35-25(27-16)29-26(33)34-13-21-19-10-6-4-8-17(19)18-9-5-7-11-20(18)21/h4-11,14-15,21,23H,3,12-13H2,1-2H3,(H,28,30)(H,31,32)(H,27,29,33)/t15-,23-/m0/s1. The van der Waals surface area contributed by atoms with Crippen molar-refractivity contribution in [3.05, 3.63) is 70.7 Å². The summed E-state index contributed by atoms with van der Waals surface area (Å²) in [4.78, 5) is 40.4. The van der Waals surface area contributed by atoms with Gasteiger partial charge in [0.25, 0.3) is 0 Å². The molecule has 3 aromatic rings. The van der Waals surface area contributed by atoms with Gasteiger partial charge in [0, 0.05) is 11.3 Å². The summed E-state index contributed by atoms with van der Waals surface area (Å²) >= 11 is 1.17. The van der Waals surface area contributed by atoms with Crippen molar-refractivity contribution in [2.45, 2.75) is 38.6 Å². The van der Waals surface area contributed by atoms with Crippen LogP contribution in [0.15, 0.2) is 53.9 Å². The Morgan fingerprint density at radius 1 is 1.09 bits per heavy atom. The number of benzene rings is 2. The second-order valence-electron chi connectivity index (χ2n) is 8.54. The molecule has 0 radical (unpaired) electrons. The first-order chi connectivity index (χ1) is 16.9. The maximum atomic E-state index is 12.4. The summed E-state index contributed by atoms with van der Waals surface area (Å²) in [6.07, 6.45) is -0.0782. The Balaban J connectivity index is 1.32. The molecule has 1 aliphatic rings. The van der Waals surface area contributed by atoms with E-state index < -0.39 is 24.0 Å². The molecule has 0 fully saturated rings. The van der Waals surface area contributed by atoms with Crippen LogP contribution in [0.5, 0.6) is 0 Å². The molecule has 1 aliphatic carbocycles. The minimum Gasteiger partial charge on any atom is -0.480 e. The van der Waals surface area contributed by atoms with E-state index in [0.29, 0.717) is 17.2 Å². The maximum absolute atomic E-state index is 12.4. The van der Waals surface area contributed by atoms with Gasteiger partial charge >= 0.3 is 12.1 Å². The lowest BCUT2D eigenvalue weighted by Gasteiger charge is -2.19. The van der Waals surface area contributed by atoms with Crippen molar-refractivity contribution in [1.29, 1.82) is 0 Å². The third kappa shape index (κ3) is 5.51. The topological polar surface area (TPSA) is 118 Å². The Labute approximate surface area is 207 Å². The summed E-state index contributed by atoms with van der Waals surface area (Å²) in [5.41, 5.74) is 4.99. The number of ether oxygens (including phenoxy) is 1. The van der Waals surface area contributed by atoms with Crippen LogP contribution < -0.4 is 10.6 Å². The van der Waals surface area contributed by atoms with E-state index in [-0.39, 0.29) is 24.9 Å². The van der Waals surface area contributed by atoms with Crippen LogP contribution in [0.2, 0.25) is 0 Å². The molecule has 4 rings (SSSR count). The van der Waals surface area contributed by atoms with Crippen LogP contribution in [0.1, 0.15) is 43.0 Å². The lowest BCUT2D eigenvalue weighted by atomic mass is 9.98. The van der Waals surface area contributed by atoms with Gasteiger partial charge in [-0.05, 0) is 28.2 Å². The highest BCUT2D eigenvalue weighted by molar-refractivity contribution is 7.13. The van der Waals surface area contributed by atoms with E-state index in [1.807, 2.05) is 31.2 Å². The average Bonchev–Trinajstić information content (AvgIpc) is 3.42. The summed E-state index contributed by atoms with van der Waals surface area (Å²) in [5, 5.41) is 16.5. The summed E-state index contributed by atoms with van der Waals surface area (Å²) < 4.78 is 5.52. The quantitative estimate of drug-likeness (QED) is 0.399. The fourth-order valence-corrected chi connectivity index (χ4v) is 4.94. The fraction of sp³-hybridized carbons (Fsp3) is 0.308. The van der Waals surface area contributed by atoms with Gasteiger partial charge in [-0.15, -0.1) is 11.3 Å². The zero-order valence-corrected chi connectivity index (χ0v) is 20.3. The number of fused-ring (bicyclic) bond motifs is 3. The van der Waals surface area contributed by atoms with Crippen LogP contribution >= 0.6 is 11.3 Å². The van der Waals surface area contributed by atoms with E-state index in [4.69, 9.17) is 4.74 Å². The molecule has 2 aromatic carbocycles. The summed E-state index contributed by atoms with van der Waals surface area (Å²) in [6.45, 7) is 3.83. The van der Waals surface area contributed by atoms with E-state index >= 15 is 0 Å². The molecule has 8 nitrogen and oxygen atoms in total. The van der Waals surface area contributed by atoms with Gasteiger partial charge in [-0.2, -0.15) is 0 Å². The maximum Gasteiger partial charge on any atom is 0.413 e. The van der Waals surface area contributed by atoms with E-state index in [2.05, 4.69) is 39.9 Å². The minimum absolute atomic E-state index is 0.0450. The van der Waals surface area contributed by atoms with Gasteiger partial charge in [0.2, 0.25) is 5.91 Å². The van der Waals surface area contributed by atoms with Crippen molar-refractivity contribution in [1.82, 2.24) is 10.3 Å². The number of hydrogen-bond donors (Lipinski definition) is 3. The number of carboxylic acid groups (broad SMARTS) is 1. The molecule has 0 aliphatic heterocycles. The number of aliphatic carboxylic acids is 1. The molecule has 3 N–H and O–H groups in total. The molecule has 2 atom stereocenters. The molecular weight excluding hydrogens is 466 g/mol. The molecule has 2 amide bonds. The van der Waals surface area contributed by atoms with Crippen molar-refractivity contribution in [3.63, 3.8) is 0 Å². The predicted octanol–water partition coefficient (Wildman–Crippen LogP) is 4.66. The van der Waals surface area contributed by atoms with Crippen molar-refractivity contribution >= 4 is 34.4 Å². The van der Waals surface area contributed by atoms with Gasteiger partial charge in [0.1, 0.15) is 12.6 Å². The van der Waals surface area contributed by atoms with E-state index in [1.54, 1.807) is 12.3 Å². The number of rotatable bonds is 9. The lowest BCUT2D eigenvalue weighted by molar-refractivity contribution is -0.143. The average molecular weight is 494 g/mol. The second-order valence-corrected chi connectivity index (χ2v) is 9.40. The Bertz CT molecular complexity index is 1200. The highest BCUT2D eigenvalue weighted by Gasteiger charge is 2.29. The van der Waals surface area contributed by atoms with Gasteiger partial charge in [0.05, 0.1) is 12.1 Å². The van der Waals surface area contributed by atoms with Gasteiger partial charge in [-0.3, -0.25) is 10.1 Å². The second kappa shape index (κ2) is 10.7. The monoisotopic (exact) mass is 493 g/mol. The largest absolute Gasteiger partial charge is 0.480 e. The number of thiazole rings is 1. The number of carbonyl (C=O) groups is 3. The molecule has 0 saturated carbocycles. The number of carboxylic acids is 1. The number of amides is 2. The number of hydrogen-bond acceptors (Lipinski definition) is 6. The number of anilines is 1. The lowest BCUT2D eigenvalue weighted by Crippen LogP contribution is -2.45. The van der Waals surface area contributed by atoms with Crippen molar-refractivity contribution in [2.24, 2.45) is 5.92 Å². The zero-order valence-electron chi connectivity index (χ0n) is 19.5. The van der Waals surface area contributed by atoms with Crippen LogP contribution in [-0.4, -0.2) is 40.7 Å². The minimum atomic E-state index is -1.07. The first-order valence-electron chi connectivity index (χ1n) is 11.5. The molecule has 9 heteroatoms. The Morgan fingerprint density at radius 2 is 1.71 bits per heavy atom. The highest BCUT2D eigenvalue weighted by atomic mass is 32.1. The van der Waals surface area contributed by atoms with Crippen LogP contribution in [0.3, 0.4) is 0 Å². The smallest absolute Gasteiger partial charge is 0.413 e. The predicted molar refractivity (Wildman–Crippen MR) is 134 cm³/mol. The fourth-order valence-electron chi connectivity index (χ4n) is 4.24. The molecule has 0 spiro atoms. The molecule has 35 heavy (non-hydrogen) atoms. The van der Waals surface area contributed by atoms with Crippen molar-refractivity contribution in [3.8, 4) is 11.1 Å². The number of aromatic nitrogens is 1. The molecule has 0 saturated heterocycles. The van der Waals surface area contributed by atoms with Crippen molar-refractivity contribution in [2.75, 3.05) is 11.9 Å². The van der Waals surface area contributed by atoms with Crippen LogP contribution in [0.25, 0.3) is 11.1 Å². The molecule has 0 bridgehead atoms. The van der Waals surface area contributed by atoms with Gasteiger partial charge in [-0.25, -0.2) is 14.6 Å². The molecule has 0 unspecified atom stereocenters. The first-order valence-corrected chi connectivity index (χ1v) is 12.3. The Kier molecular flexibility index (Phi) is 7.45. The molecular formula is C26H27N3O5S. The van der Waals surface area contributed by atoms with Crippen LogP contribution in [0.4, 0.5) is 9.93 Å². The van der Waals surface area contributed by atoms with Crippen LogP contribution in [0, 0.1) is 5.92 Å². The third-order valence-corrected chi connectivity index (χ3v) is 7.05. The summed E-state index contributed by atoms with van der Waals surface area (Å²) in [6, 6.07) is 15.2. The summed E-state index contributed by atoms with van der Waals surface area (Å²) in [7, 11) is 0. The molecule has 1 aromatic heterocycles. The Hall–Kier alpha value is -3.72. The highest BCUT2D eigenvalue weighted by Crippen LogP contribution is 2.44. The number of carbonyl (C=O) groups excluding carboxylic acids is 2. The Morgan fingerprint density at radius 3 is 2.31 bits per heavy atom. The number of nitrogens with one attached hydrogen (secondary N) is 2. The zero-order chi connectivity index (χ0) is 24.9. The van der Waals surface area contributed by atoms with E-state index in [9.17, 15) is 19.5 Å². The SMILES string of the molecule is CC[C@H](C)[C@H](NC(=O)Cc1csc(NC(=O)OCC2c3ccccc3-c3ccccc32)n1)C(=O)O. The van der Waals surface area contributed by atoms with E-state index in [0.717, 1.165) is 22.3 Å². The van der Waals surface area contributed by atoms with E-state index in [1.165, 1.54) is 11.3 Å². The molecule has 182 valence electrons. The summed E-state index contributed by atoms with van der Waals surface area (Å²) in [5.74, 6) is -1.74. The first kappa shape index (κ1) is 24.4. The number of nitrogens with zero attached hydrogens (tertiary/aromatic N) is 1.